The van der Waals surface area contributed by atoms with Crippen molar-refractivity contribution in [3.05, 3.63) is 29.6 Å². The molecule has 1 aromatic rings. The van der Waals surface area contributed by atoms with E-state index in [1.165, 1.54) is 12.2 Å². The van der Waals surface area contributed by atoms with Gasteiger partial charge in [-0.25, -0.2) is 5.06 Å². The Bertz CT molecular complexity index is 322. The van der Waals surface area contributed by atoms with Crippen molar-refractivity contribution < 1.29 is 9.63 Å². The summed E-state index contributed by atoms with van der Waals surface area (Å²) in [6, 6.07) is 3.65. The van der Waals surface area contributed by atoms with E-state index in [2.05, 4.69) is 11.9 Å². The van der Waals surface area contributed by atoms with E-state index in [-0.39, 0.29) is 5.91 Å². The average Bonchev–Trinajstić information content (AvgIpc) is 2.28. The van der Waals surface area contributed by atoms with Gasteiger partial charge in [-0.2, -0.15) is 0 Å². The number of carbonyl (C=O) groups excluding carboxylic acids is 1. The van der Waals surface area contributed by atoms with E-state index in [0.717, 1.165) is 18.5 Å². The lowest BCUT2D eigenvalue weighted by atomic mass is 10.2. The number of amides is 1. The number of hydroxylamine groups is 2. The molecule has 0 saturated heterocycles. The fourth-order valence-corrected chi connectivity index (χ4v) is 1.22. The Morgan fingerprint density at radius 1 is 1.53 bits per heavy atom. The number of nitrogens with zero attached hydrogens (tertiary/aromatic N) is 2. The molecule has 0 atom stereocenters. The molecule has 0 radical (unpaired) electrons. The molecule has 0 aliphatic rings. The molecule has 0 aliphatic carbocycles. The molecule has 0 spiro atoms. The summed E-state index contributed by atoms with van der Waals surface area (Å²) in [4.78, 5) is 20.6. The molecule has 1 rings (SSSR count). The molecular weight excluding hydrogens is 192 g/mol. The van der Waals surface area contributed by atoms with Gasteiger partial charge in [0.15, 0.2) is 0 Å². The number of aryl methyl sites for hydroxylation is 1. The van der Waals surface area contributed by atoms with Gasteiger partial charge < -0.3 is 0 Å². The fraction of sp³-hybridized carbons (Fsp3) is 0.455. The molecule has 0 bridgehead atoms. The van der Waals surface area contributed by atoms with Gasteiger partial charge in [-0.1, -0.05) is 13.3 Å². The summed E-state index contributed by atoms with van der Waals surface area (Å²) in [5.74, 6) is -0.187. The summed E-state index contributed by atoms with van der Waals surface area (Å²) in [6.07, 6.45) is 3.58. The van der Waals surface area contributed by atoms with E-state index in [0.29, 0.717) is 5.56 Å². The van der Waals surface area contributed by atoms with E-state index in [4.69, 9.17) is 4.84 Å². The van der Waals surface area contributed by atoms with Crippen molar-refractivity contribution in [2.75, 3.05) is 14.2 Å². The van der Waals surface area contributed by atoms with Crippen LogP contribution in [0.15, 0.2) is 18.3 Å². The van der Waals surface area contributed by atoms with Crippen LogP contribution in [0.5, 0.6) is 0 Å². The molecule has 0 fully saturated rings. The maximum Gasteiger partial charge on any atom is 0.278 e. The van der Waals surface area contributed by atoms with Crippen LogP contribution in [-0.4, -0.2) is 30.1 Å². The average molecular weight is 208 g/mol. The second-order valence-corrected chi connectivity index (χ2v) is 3.27. The van der Waals surface area contributed by atoms with Crippen LogP contribution in [0.25, 0.3) is 0 Å². The van der Waals surface area contributed by atoms with E-state index in [1.54, 1.807) is 19.3 Å². The molecule has 1 heterocycles. The van der Waals surface area contributed by atoms with Gasteiger partial charge >= 0.3 is 0 Å². The van der Waals surface area contributed by atoms with Crippen molar-refractivity contribution in [3.8, 4) is 0 Å². The summed E-state index contributed by atoms with van der Waals surface area (Å²) >= 11 is 0. The van der Waals surface area contributed by atoms with Crippen LogP contribution in [-0.2, 0) is 11.3 Å². The molecule has 0 aromatic carbocycles. The number of rotatable bonds is 4. The first-order valence-electron chi connectivity index (χ1n) is 4.96. The first-order chi connectivity index (χ1) is 7.19. The first kappa shape index (κ1) is 11.7. The largest absolute Gasteiger partial charge is 0.278 e. The molecule has 0 N–H and O–H groups in total. The summed E-state index contributed by atoms with van der Waals surface area (Å²) in [6.45, 7) is 2.10. The van der Waals surface area contributed by atoms with Gasteiger partial charge in [-0.05, 0) is 18.6 Å². The topological polar surface area (TPSA) is 42.4 Å². The van der Waals surface area contributed by atoms with Crippen LogP contribution in [0.4, 0.5) is 0 Å². The fourth-order valence-electron chi connectivity index (χ4n) is 1.22. The van der Waals surface area contributed by atoms with Gasteiger partial charge in [0.1, 0.15) is 0 Å². The van der Waals surface area contributed by atoms with Gasteiger partial charge in [0.2, 0.25) is 0 Å². The number of hydrogen-bond acceptors (Lipinski definition) is 3. The number of hydrogen-bond donors (Lipinski definition) is 0. The van der Waals surface area contributed by atoms with Crippen LogP contribution in [0.2, 0.25) is 0 Å². The molecule has 0 unspecified atom stereocenters. The van der Waals surface area contributed by atoms with Crippen LogP contribution in [0.3, 0.4) is 0 Å². The van der Waals surface area contributed by atoms with Crippen molar-refractivity contribution in [2.45, 2.75) is 19.8 Å². The lowest BCUT2D eigenvalue weighted by Gasteiger charge is -2.13. The highest BCUT2D eigenvalue weighted by Crippen LogP contribution is 2.05. The van der Waals surface area contributed by atoms with Crippen molar-refractivity contribution in [3.63, 3.8) is 0 Å². The zero-order valence-electron chi connectivity index (χ0n) is 9.36. The van der Waals surface area contributed by atoms with Crippen molar-refractivity contribution in [1.29, 1.82) is 0 Å². The minimum absolute atomic E-state index is 0.187. The van der Waals surface area contributed by atoms with Crippen LogP contribution in [0, 0.1) is 0 Å². The minimum atomic E-state index is -0.187. The quantitative estimate of drug-likeness (QED) is 0.707. The number of carbonyl (C=O) groups is 1. The zero-order chi connectivity index (χ0) is 11.3. The highest BCUT2D eigenvalue weighted by atomic mass is 16.7. The summed E-state index contributed by atoms with van der Waals surface area (Å²) in [5.41, 5.74) is 1.55. The van der Waals surface area contributed by atoms with Gasteiger partial charge in [-0.3, -0.25) is 14.6 Å². The lowest BCUT2D eigenvalue weighted by Crippen LogP contribution is -2.25. The monoisotopic (exact) mass is 208 g/mol. The molecule has 82 valence electrons. The van der Waals surface area contributed by atoms with Crippen LogP contribution >= 0.6 is 0 Å². The third kappa shape index (κ3) is 3.02. The smallest absolute Gasteiger partial charge is 0.274 e. The number of aromatic nitrogens is 1. The van der Waals surface area contributed by atoms with E-state index in [1.807, 2.05) is 6.07 Å². The van der Waals surface area contributed by atoms with Gasteiger partial charge in [-0.15, -0.1) is 0 Å². The Labute approximate surface area is 89.8 Å². The molecule has 1 aromatic heterocycles. The third-order valence-electron chi connectivity index (χ3n) is 2.14. The Morgan fingerprint density at radius 3 is 2.73 bits per heavy atom. The third-order valence-corrected chi connectivity index (χ3v) is 2.14. The predicted molar refractivity (Wildman–Crippen MR) is 57.3 cm³/mol. The maximum atomic E-state index is 11.6. The minimum Gasteiger partial charge on any atom is -0.274 e. The summed E-state index contributed by atoms with van der Waals surface area (Å²) in [5, 5.41) is 1.18. The molecule has 1 amide bonds. The Hall–Kier alpha value is -1.42. The second-order valence-electron chi connectivity index (χ2n) is 3.27. The molecule has 0 saturated carbocycles. The van der Waals surface area contributed by atoms with Crippen molar-refractivity contribution in [2.24, 2.45) is 0 Å². The molecule has 4 nitrogen and oxygen atoms in total. The van der Waals surface area contributed by atoms with Crippen molar-refractivity contribution in [1.82, 2.24) is 10.0 Å². The number of pyridine rings is 1. The van der Waals surface area contributed by atoms with Crippen molar-refractivity contribution >= 4 is 5.91 Å². The summed E-state index contributed by atoms with van der Waals surface area (Å²) < 4.78 is 0. The SMILES string of the molecule is CCCc1ccc(C(=O)N(C)OC)cn1. The van der Waals surface area contributed by atoms with Crippen LogP contribution < -0.4 is 0 Å². The summed E-state index contributed by atoms with van der Waals surface area (Å²) in [7, 11) is 3.03. The Balaban J connectivity index is 2.75. The van der Waals surface area contributed by atoms with Gasteiger partial charge in [0.25, 0.3) is 5.91 Å². The highest BCUT2D eigenvalue weighted by molar-refractivity contribution is 5.92. The van der Waals surface area contributed by atoms with E-state index in [9.17, 15) is 4.79 Å². The van der Waals surface area contributed by atoms with E-state index < -0.39 is 0 Å². The standard InChI is InChI=1S/C11H16N2O2/c1-4-5-10-7-6-9(8-12-10)11(14)13(2)15-3/h6-8H,4-5H2,1-3H3. The Morgan fingerprint density at radius 2 is 2.27 bits per heavy atom. The Kier molecular flexibility index (Phi) is 4.24. The van der Waals surface area contributed by atoms with E-state index >= 15 is 0 Å². The molecule has 0 aliphatic heterocycles. The molecule has 15 heavy (non-hydrogen) atoms. The molecular formula is C11H16N2O2. The normalized spacial score (nSPS) is 10.1. The van der Waals surface area contributed by atoms with Gasteiger partial charge in [0, 0.05) is 18.9 Å². The van der Waals surface area contributed by atoms with Gasteiger partial charge in [0.05, 0.1) is 12.7 Å². The zero-order valence-corrected chi connectivity index (χ0v) is 9.36. The first-order valence-corrected chi connectivity index (χ1v) is 4.96. The van der Waals surface area contributed by atoms with Crippen LogP contribution in [0.1, 0.15) is 29.4 Å². The lowest BCUT2D eigenvalue weighted by molar-refractivity contribution is -0.0757. The second kappa shape index (κ2) is 5.46. The molecule has 4 heteroatoms. The maximum absolute atomic E-state index is 11.6. The predicted octanol–water partition coefficient (Wildman–Crippen LogP) is 1.67. The highest BCUT2D eigenvalue weighted by Gasteiger charge is 2.10.